The number of hydrogen-bond acceptors (Lipinski definition) is 5. The standard InChI is InChI=1S/C22H24N2O5/c1-13-4-7-18(14(2)10-13)24-22(27)15(3)29-21(26)12-28-17-6-8-19-16(11-17)5-9-20(25)23-19/h4,6-8,10-11,15H,5,9,12H2,1-3H3,(H,23,25)(H,24,27). The molecular formula is C22H24N2O5. The smallest absolute Gasteiger partial charge is 0.344 e. The lowest BCUT2D eigenvalue weighted by Crippen LogP contribution is -2.31. The Bertz CT molecular complexity index is 954. The molecule has 7 heteroatoms. The summed E-state index contributed by atoms with van der Waals surface area (Å²) in [4.78, 5) is 35.7. The SMILES string of the molecule is Cc1ccc(NC(=O)C(C)OC(=O)COc2ccc3c(c2)CCC(=O)N3)c(C)c1. The highest BCUT2D eigenvalue weighted by atomic mass is 16.6. The summed E-state index contributed by atoms with van der Waals surface area (Å²) in [5, 5.41) is 5.55. The van der Waals surface area contributed by atoms with Crippen LogP contribution in [0.2, 0.25) is 0 Å². The molecule has 2 amide bonds. The van der Waals surface area contributed by atoms with E-state index in [-0.39, 0.29) is 12.5 Å². The van der Waals surface area contributed by atoms with E-state index >= 15 is 0 Å². The zero-order valence-corrected chi connectivity index (χ0v) is 16.7. The van der Waals surface area contributed by atoms with Gasteiger partial charge in [-0.15, -0.1) is 0 Å². The van der Waals surface area contributed by atoms with Crippen molar-refractivity contribution >= 4 is 29.2 Å². The number of esters is 1. The molecular weight excluding hydrogens is 372 g/mol. The molecule has 0 saturated heterocycles. The van der Waals surface area contributed by atoms with E-state index in [1.807, 2.05) is 32.0 Å². The predicted octanol–water partition coefficient (Wildman–Crippen LogP) is 3.14. The van der Waals surface area contributed by atoms with Crippen molar-refractivity contribution in [2.24, 2.45) is 0 Å². The van der Waals surface area contributed by atoms with Crippen LogP contribution in [-0.4, -0.2) is 30.5 Å². The summed E-state index contributed by atoms with van der Waals surface area (Å²) in [5.74, 6) is -0.554. The van der Waals surface area contributed by atoms with Gasteiger partial charge < -0.3 is 20.1 Å². The minimum absolute atomic E-state index is 0.0113. The van der Waals surface area contributed by atoms with E-state index in [0.717, 1.165) is 22.4 Å². The largest absolute Gasteiger partial charge is 0.482 e. The van der Waals surface area contributed by atoms with Gasteiger partial charge in [0, 0.05) is 17.8 Å². The highest BCUT2D eigenvalue weighted by Crippen LogP contribution is 2.26. The van der Waals surface area contributed by atoms with Crippen LogP contribution in [0.3, 0.4) is 0 Å². The summed E-state index contributed by atoms with van der Waals surface area (Å²) < 4.78 is 10.6. The minimum atomic E-state index is -0.953. The Labute approximate surface area is 169 Å². The molecule has 2 aromatic carbocycles. The molecule has 1 heterocycles. The Morgan fingerprint density at radius 2 is 1.93 bits per heavy atom. The third-order valence-electron chi connectivity index (χ3n) is 4.65. The first-order valence-corrected chi connectivity index (χ1v) is 9.45. The van der Waals surface area contributed by atoms with Gasteiger partial charge >= 0.3 is 5.97 Å². The Morgan fingerprint density at radius 3 is 2.69 bits per heavy atom. The van der Waals surface area contributed by atoms with E-state index in [2.05, 4.69) is 10.6 Å². The van der Waals surface area contributed by atoms with Crippen LogP contribution in [0.15, 0.2) is 36.4 Å². The second-order valence-electron chi connectivity index (χ2n) is 7.10. The molecule has 152 valence electrons. The van der Waals surface area contributed by atoms with E-state index in [9.17, 15) is 14.4 Å². The third-order valence-corrected chi connectivity index (χ3v) is 4.65. The van der Waals surface area contributed by atoms with Crippen molar-refractivity contribution in [1.29, 1.82) is 0 Å². The number of benzene rings is 2. The molecule has 29 heavy (non-hydrogen) atoms. The normalized spacial score (nSPS) is 13.7. The van der Waals surface area contributed by atoms with E-state index in [1.165, 1.54) is 6.92 Å². The number of amides is 2. The molecule has 0 aromatic heterocycles. The number of ether oxygens (including phenoxy) is 2. The van der Waals surface area contributed by atoms with Crippen LogP contribution in [0, 0.1) is 13.8 Å². The van der Waals surface area contributed by atoms with Crippen molar-refractivity contribution in [3.8, 4) is 5.75 Å². The molecule has 0 saturated carbocycles. The maximum absolute atomic E-state index is 12.3. The fourth-order valence-corrected chi connectivity index (χ4v) is 3.06. The van der Waals surface area contributed by atoms with Crippen LogP contribution in [0.5, 0.6) is 5.75 Å². The van der Waals surface area contributed by atoms with Gasteiger partial charge in [0.25, 0.3) is 5.91 Å². The number of hydrogen-bond donors (Lipinski definition) is 2. The van der Waals surface area contributed by atoms with Gasteiger partial charge in [-0.1, -0.05) is 17.7 Å². The van der Waals surface area contributed by atoms with Gasteiger partial charge in [0.2, 0.25) is 5.91 Å². The van der Waals surface area contributed by atoms with Crippen molar-refractivity contribution in [2.75, 3.05) is 17.2 Å². The summed E-state index contributed by atoms with van der Waals surface area (Å²) >= 11 is 0. The topological polar surface area (TPSA) is 93.7 Å². The van der Waals surface area contributed by atoms with Crippen LogP contribution in [0.25, 0.3) is 0 Å². The monoisotopic (exact) mass is 396 g/mol. The summed E-state index contributed by atoms with van der Waals surface area (Å²) in [5.41, 5.74) is 4.43. The number of rotatable bonds is 6. The van der Waals surface area contributed by atoms with Gasteiger partial charge in [-0.3, -0.25) is 9.59 Å². The molecule has 0 spiro atoms. The Hall–Kier alpha value is -3.35. The van der Waals surface area contributed by atoms with Gasteiger partial charge in [-0.25, -0.2) is 4.79 Å². The van der Waals surface area contributed by atoms with Crippen molar-refractivity contribution in [3.05, 3.63) is 53.1 Å². The molecule has 2 aromatic rings. The second kappa shape index (κ2) is 8.77. The van der Waals surface area contributed by atoms with Gasteiger partial charge in [0.1, 0.15) is 5.75 Å². The van der Waals surface area contributed by atoms with Gasteiger partial charge in [0.15, 0.2) is 12.7 Å². The summed E-state index contributed by atoms with van der Waals surface area (Å²) in [6.45, 7) is 5.07. The lowest BCUT2D eigenvalue weighted by Gasteiger charge is -2.18. The van der Waals surface area contributed by atoms with Gasteiger partial charge in [0.05, 0.1) is 0 Å². The van der Waals surface area contributed by atoms with Crippen LogP contribution in [-0.2, 0) is 25.5 Å². The average Bonchev–Trinajstić information content (AvgIpc) is 2.68. The number of aryl methyl sites for hydroxylation is 3. The Balaban J connectivity index is 1.50. The first-order chi connectivity index (χ1) is 13.8. The van der Waals surface area contributed by atoms with Crippen LogP contribution >= 0.6 is 0 Å². The molecule has 1 aliphatic rings. The summed E-state index contributed by atoms with van der Waals surface area (Å²) in [7, 11) is 0. The maximum Gasteiger partial charge on any atom is 0.344 e. The number of carbonyl (C=O) groups is 3. The zero-order valence-electron chi connectivity index (χ0n) is 16.7. The lowest BCUT2D eigenvalue weighted by molar-refractivity contribution is -0.155. The Morgan fingerprint density at radius 1 is 1.14 bits per heavy atom. The Kier molecular flexibility index (Phi) is 6.16. The molecule has 1 atom stereocenters. The quantitative estimate of drug-likeness (QED) is 0.732. The van der Waals surface area contributed by atoms with E-state index in [1.54, 1.807) is 18.2 Å². The lowest BCUT2D eigenvalue weighted by atomic mass is 10.0. The first-order valence-electron chi connectivity index (χ1n) is 9.45. The minimum Gasteiger partial charge on any atom is -0.482 e. The van der Waals surface area contributed by atoms with Crippen molar-refractivity contribution in [1.82, 2.24) is 0 Å². The predicted molar refractivity (Wildman–Crippen MR) is 109 cm³/mol. The van der Waals surface area contributed by atoms with Gasteiger partial charge in [-0.2, -0.15) is 0 Å². The average molecular weight is 396 g/mol. The summed E-state index contributed by atoms with van der Waals surface area (Å²) in [6, 6.07) is 10.9. The molecule has 7 nitrogen and oxygen atoms in total. The molecule has 2 N–H and O–H groups in total. The molecule has 0 bridgehead atoms. The van der Waals surface area contributed by atoms with Crippen LogP contribution < -0.4 is 15.4 Å². The van der Waals surface area contributed by atoms with Crippen LogP contribution in [0.4, 0.5) is 11.4 Å². The molecule has 1 unspecified atom stereocenters. The van der Waals surface area contributed by atoms with E-state index < -0.39 is 18.0 Å². The van der Waals surface area contributed by atoms with Gasteiger partial charge in [-0.05, 0) is 62.6 Å². The van der Waals surface area contributed by atoms with Crippen molar-refractivity contribution in [3.63, 3.8) is 0 Å². The number of fused-ring (bicyclic) bond motifs is 1. The third kappa shape index (κ3) is 5.34. The van der Waals surface area contributed by atoms with E-state index in [0.29, 0.717) is 24.3 Å². The molecule has 1 aliphatic heterocycles. The maximum atomic E-state index is 12.3. The fraction of sp³-hybridized carbons (Fsp3) is 0.318. The molecule has 0 radical (unpaired) electrons. The molecule has 0 fully saturated rings. The fourth-order valence-electron chi connectivity index (χ4n) is 3.06. The van der Waals surface area contributed by atoms with Crippen LogP contribution in [0.1, 0.15) is 30.0 Å². The summed E-state index contributed by atoms with van der Waals surface area (Å²) in [6.07, 6.45) is 0.0925. The highest BCUT2D eigenvalue weighted by Gasteiger charge is 2.20. The molecule has 0 aliphatic carbocycles. The number of anilines is 2. The zero-order chi connectivity index (χ0) is 21.0. The highest BCUT2D eigenvalue weighted by molar-refractivity contribution is 5.96. The van der Waals surface area contributed by atoms with E-state index in [4.69, 9.17) is 9.47 Å². The van der Waals surface area contributed by atoms with Crippen molar-refractivity contribution in [2.45, 2.75) is 39.7 Å². The number of nitrogens with one attached hydrogen (secondary N) is 2. The van der Waals surface area contributed by atoms with Crippen molar-refractivity contribution < 1.29 is 23.9 Å². The second-order valence-corrected chi connectivity index (χ2v) is 7.10. The first kappa shape index (κ1) is 20.4. The number of carbonyl (C=O) groups excluding carboxylic acids is 3. The molecule has 3 rings (SSSR count).